The number of nitrogens with zero attached hydrogens (tertiary/aromatic N) is 1. The van der Waals surface area contributed by atoms with Crippen molar-refractivity contribution >= 4 is 13.6 Å². The van der Waals surface area contributed by atoms with Crippen LogP contribution in [0.25, 0.3) is 0 Å². The lowest BCUT2D eigenvalue weighted by Gasteiger charge is -2.15. The van der Waals surface area contributed by atoms with Gasteiger partial charge in [0.2, 0.25) is 0 Å². The van der Waals surface area contributed by atoms with Gasteiger partial charge in [-0.15, -0.1) is 10.1 Å². The lowest BCUT2D eigenvalue weighted by Crippen LogP contribution is -2.41. The van der Waals surface area contributed by atoms with E-state index in [0.717, 1.165) is 6.42 Å². The first-order chi connectivity index (χ1) is 8.11. The van der Waals surface area contributed by atoms with Crippen molar-refractivity contribution in [2.45, 2.75) is 25.8 Å². The lowest BCUT2D eigenvalue weighted by atomic mass is 10.1. The third-order valence-corrected chi connectivity index (χ3v) is 1.86. The maximum Gasteiger partial charge on any atom is 0.361 e. The Labute approximate surface area is 100.0 Å². The summed E-state index contributed by atoms with van der Waals surface area (Å²) >= 11 is 0. The summed E-state index contributed by atoms with van der Waals surface area (Å²) < 4.78 is 9.61. The van der Waals surface area contributed by atoms with E-state index in [-0.39, 0.29) is 20.8 Å². The molecule has 0 aromatic heterocycles. The van der Waals surface area contributed by atoms with Crippen LogP contribution in [0.4, 0.5) is 0 Å². The average molecular weight is 248 g/mol. The minimum absolute atomic E-state index is 0.144. The molecule has 0 amide bonds. The summed E-state index contributed by atoms with van der Waals surface area (Å²) in [5, 5.41) is 11.8. The molecule has 0 aliphatic heterocycles. The Kier molecular flexibility index (Phi) is 9.07. The largest absolute Gasteiger partial charge is 0.462 e. The van der Waals surface area contributed by atoms with Crippen molar-refractivity contribution < 1.29 is 24.1 Å². The summed E-state index contributed by atoms with van der Waals surface area (Å²) in [4.78, 5) is 25.4. The van der Waals surface area contributed by atoms with Crippen LogP contribution in [-0.4, -0.2) is 45.0 Å². The molecule has 0 heterocycles. The Hall–Kier alpha value is -1.35. The molecule has 0 rings (SSSR count). The second-order valence-electron chi connectivity index (χ2n) is 3.20. The quantitative estimate of drug-likeness (QED) is 0.181. The molecule has 0 saturated carbocycles. The Morgan fingerprint density at radius 1 is 1.53 bits per heavy atom. The van der Waals surface area contributed by atoms with E-state index in [9.17, 15) is 14.9 Å². The highest BCUT2D eigenvalue weighted by Gasteiger charge is 2.18. The number of esters is 1. The van der Waals surface area contributed by atoms with Crippen molar-refractivity contribution in [3.05, 3.63) is 10.1 Å². The third kappa shape index (κ3) is 8.46. The van der Waals surface area contributed by atoms with Gasteiger partial charge in [-0.2, -0.15) is 0 Å². The molecule has 0 spiro atoms. The number of nitrogens with one attached hydrogen (secondary N) is 1. The van der Waals surface area contributed by atoms with E-state index >= 15 is 0 Å². The predicted molar refractivity (Wildman–Crippen MR) is 59.9 cm³/mol. The Balaban J connectivity index is 3.83. The van der Waals surface area contributed by atoms with Crippen LogP contribution < -0.4 is 5.23 Å². The number of rotatable bonds is 10. The van der Waals surface area contributed by atoms with E-state index in [0.29, 0.717) is 6.42 Å². The standard InChI is InChI=1S/C8H17BN2O6/c1-3-4-7(10-9-15-2)8(12)16-5-6-17-11(13)14/h7,9-10H,3-6H2,1-2H3. The second kappa shape index (κ2) is 9.85. The molecule has 0 fully saturated rings. The van der Waals surface area contributed by atoms with Crippen molar-refractivity contribution in [3.8, 4) is 0 Å². The van der Waals surface area contributed by atoms with E-state index in [1.807, 2.05) is 6.92 Å². The van der Waals surface area contributed by atoms with Crippen LogP contribution in [0.2, 0.25) is 0 Å². The van der Waals surface area contributed by atoms with Crippen LogP contribution in [0.3, 0.4) is 0 Å². The van der Waals surface area contributed by atoms with Gasteiger partial charge in [-0.25, -0.2) is 0 Å². The summed E-state index contributed by atoms with van der Waals surface area (Å²) in [6.45, 7) is 1.53. The van der Waals surface area contributed by atoms with Gasteiger partial charge in [0.15, 0.2) is 0 Å². The van der Waals surface area contributed by atoms with Crippen LogP contribution in [0.1, 0.15) is 19.8 Å². The summed E-state index contributed by atoms with van der Waals surface area (Å²) in [7, 11) is 1.75. The van der Waals surface area contributed by atoms with Crippen molar-refractivity contribution in [2.75, 3.05) is 20.3 Å². The van der Waals surface area contributed by atoms with Gasteiger partial charge in [0, 0.05) is 7.11 Å². The molecule has 1 N–H and O–H groups in total. The van der Waals surface area contributed by atoms with Gasteiger partial charge in [-0.05, 0) is 6.42 Å². The molecule has 9 heteroatoms. The molecule has 0 radical (unpaired) electrons. The van der Waals surface area contributed by atoms with E-state index < -0.39 is 17.1 Å². The Morgan fingerprint density at radius 3 is 2.76 bits per heavy atom. The van der Waals surface area contributed by atoms with Gasteiger partial charge >= 0.3 is 13.6 Å². The molecule has 1 unspecified atom stereocenters. The molecule has 0 aliphatic rings. The number of carbonyl (C=O) groups excluding carboxylic acids is 1. The van der Waals surface area contributed by atoms with Crippen molar-refractivity contribution in [1.29, 1.82) is 0 Å². The minimum atomic E-state index is -0.930. The van der Waals surface area contributed by atoms with Crippen molar-refractivity contribution in [1.82, 2.24) is 5.23 Å². The zero-order valence-corrected chi connectivity index (χ0v) is 10.0. The maximum absolute atomic E-state index is 11.5. The van der Waals surface area contributed by atoms with Crippen LogP contribution in [0, 0.1) is 10.1 Å². The summed E-state index contributed by atoms with van der Waals surface area (Å²) in [6.07, 6.45) is 1.42. The van der Waals surface area contributed by atoms with Crippen LogP contribution in [0.5, 0.6) is 0 Å². The molecule has 0 bridgehead atoms. The number of hydrogen-bond acceptors (Lipinski definition) is 7. The predicted octanol–water partition coefficient (Wildman–Crippen LogP) is -0.591. The average Bonchev–Trinajstić information content (AvgIpc) is 2.29. The molecule has 1 atom stereocenters. The first-order valence-corrected chi connectivity index (χ1v) is 5.28. The highest BCUT2D eigenvalue weighted by Crippen LogP contribution is 1.99. The molecule has 8 nitrogen and oxygen atoms in total. The first-order valence-electron chi connectivity index (χ1n) is 5.28. The Bertz CT molecular complexity index is 240. The third-order valence-electron chi connectivity index (χ3n) is 1.86. The van der Waals surface area contributed by atoms with Gasteiger partial charge < -0.3 is 19.5 Å². The van der Waals surface area contributed by atoms with Crippen LogP contribution in [0.15, 0.2) is 0 Å². The molecule has 98 valence electrons. The molecule has 0 aromatic rings. The van der Waals surface area contributed by atoms with Gasteiger partial charge in [-0.3, -0.25) is 4.79 Å². The van der Waals surface area contributed by atoms with E-state index in [1.165, 1.54) is 7.11 Å². The smallest absolute Gasteiger partial charge is 0.361 e. The van der Waals surface area contributed by atoms with Gasteiger partial charge in [0.1, 0.15) is 13.2 Å². The molecule has 0 saturated heterocycles. The zero-order valence-electron chi connectivity index (χ0n) is 10.0. The van der Waals surface area contributed by atoms with Gasteiger partial charge in [-0.1, -0.05) is 13.3 Å². The second-order valence-corrected chi connectivity index (χ2v) is 3.20. The highest BCUT2D eigenvalue weighted by atomic mass is 17.0. The summed E-state index contributed by atoms with van der Waals surface area (Å²) in [5.41, 5.74) is 0. The van der Waals surface area contributed by atoms with Gasteiger partial charge in [0.25, 0.3) is 5.09 Å². The summed E-state index contributed by atoms with van der Waals surface area (Å²) in [5.74, 6) is -0.462. The molecule has 0 aliphatic carbocycles. The zero-order chi connectivity index (χ0) is 13.1. The van der Waals surface area contributed by atoms with E-state index in [4.69, 9.17) is 9.39 Å². The first kappa shape index (κ1) is 15.7. The normalized spacial score (nSPS) is 11.6. The van der Waals surface area contributed by atoms with Crippen LogP contribution in [-0.2, 0) is 19.0 Å². The monoisotopic (exact) mass is 248 g/mol. The lowest BCUT2D eigenvalue weighted by molar-refractivity contribution is -0.757. The topological polar surface area (TPSA) is 99.9 Å². The fourth-order valence-electron chi connectivity index (χ4n) is 1.13. The number of hydrogen-bond donors (Lipinski definition) is 1. The van der Waals surface area contributed by atoms with Crippen LogP contribution >= 0.6 is 0 Å². The molecular weight excluding hydrogens is 231 g/mol. The fourth-order valence-corrected chi connectivity index (χ4v) is 1.13. The molecular formula is C8H17BN2O6. The maximum atomic E-state index is 11.5. The van der Waals surface area contributed by atoms with Crippen molar-refractivity contribution in [3.63, 3.8) is 0 Å². The van der Waals surface area contributed by atoms with E-state index in [2.05, 4.69) is 10.1 Å². The molecule has 0 aromatic carbocycles. The SMILES string of the molecule is CCCC(NBOC)C(=O)OCCO[N+](=O)[O-]. The number of ether oxygens (including phenoxy) is 1. The minimum Gasteiger partial charge on any atom is -0.462 e. The molecule has 17 heavy (non-hydrogen) atoms. The van der Waals surface area contributed by atoms with Gasteiger partial charge in [0.05, 0.1) is 6.04 Å². The Morgan fingerprint density at radius 2 is 2.24 bits per heavy atom. The fraction of sp³-hybridized carbons (Fsp3) is 0.875. The highest BCUT2D eigenvalue weighted by molar-refractivity contribution is 6.24. The van der Waals surface area contributed by atoms with Crippen molar-refractivity contribution in [2.24, 2.45) is 0 Å². The summed E-state index contributed by atoms with van der Waals surface area (Å²) in [6, 6.07) is -0.462. The number of carbonyl (C=O) groups is 1. The van der Waals surface area contributed by atoms with E-state index in [1.54, 1.807) is 0 Å².